The first-order valence-electron chi connectivity index (χ1n) is 11.5. The highest BCUT2D eigenvalue weighted by Gasteiger charge is 2.19. The third kappa shape index (κ3) is 6.23. The Labute approximate surface area is 190 Å². The van der Waals surface area contributed by atoms with Crippen molar-refractivity contribution in [3.63, 3.8) is 0 Å². The molecule has 0 amide bonds. The molecule has 1 aliphatic heterocycles. The van der Waals surface area contributed by atoms with Gasteiger partial charge in [0.1, 0.15) is 24.2 Å². The largest absolute Gasteiger partial charge is 0.495 e. The molecule has 0 bridgehead atoms. The topological polar surface area (TPSA) is 55.7 Å². The van der Waals surface area contributed by atoms with Crippen molar-refractivity contribution in [1.29, 1.82) is 0 Å². The van der Waals surface area contributed by atoms with Gasteiger partial charge in [0.15, 0.2) is 0 Å². The lowest BCUT2D eigenvalue weighted by Crippen LogP contribution is -2.46. The van der Waals surface area contributed by atoms with Crippen molar-refractivity contribution in [1.82, 2.24) is 19.7 Å². The second-order valence-electron chi connectivity index (χ2n) is 8.11. The lowest BCUT2D eigenvalue weighted by molar-refractivity contribution is 0.238. The summed E-state index contributed by atoms with van der Waals surface area (Å²) >= 11 is 0. The number of ether oxygens (including phenoxy) is 2. The summed E-state index contributed by atoms with van der Waals surface area (Å²) in [5, 5.41) is 4.14. The smallest absolute Gasteiger partial charge is 0.142 e. The second-order valence-corrected chi connectivity index (χ2v) is 8.11. The van der Waals surface area contributed by atoms with Crippen LogP contribution >= 0.6 is 0 Å². The molecule has 0 atom stereocenters. The first-order valence-corrected chi connectivity index (χ1v) is 11.5. The van der Waals surface area contributed by atoms with Crippen LogP contribution in [0.15, 0.2) is 61.2 Å². The van der Waals surface area contributed by atoms with E-state index in [4.69, 9.17) is 9.47 Å². The van der Waals surface area contributed by atoms with Crippen molar-refractivity contribution in [2.24, 2.45) is 0 Å². The van der Waals surface area contributed by atoms with E-state index in [0.29, 0.717) is 0 Å². The normalized spacial score (nSPS) is 14.5. The number of para-hydroxylation sites is 2. The van der Waals surface area contributed by atoms with Crippen molar-refractivity contribution in [3.8, 4) is 11.5 Å². The fourth-order valence-electron chi connectivity index (χ4n) is 4.08. The fourth-order valence-corrected chi connectivity index (χ4v) is 4.08. The van der Waals surface area contributed by atoms with Crippen molar-refractivity contribution in [3.05, 3.63) is 66.7 Å². The third-order valence-corrected chi connectivity index (χ3v) is 5.96. The number of piperazine rings is 1. The highest BCUT2D eigenvalue weighted by molar-refractivity contribution is 5.58. The van der Waals surface area contributed by atoms with E-state index in [1.807, 2.05) is 16.8 Å². The second kappa shape index (κ2) is 11.5. The van der Waals surface area contributed by atoms with Crippen molar-refractivity contribution >= 4 is 5.69 Å². The predicted octanol–water partition coefficient (Wildman–Crippen LogP) is 3.51. The van der Waals surface area contributed by atoms with Crippen molar-refractivity contribution in [2.75, 3.05) is 51.3 Å². The summed E-state index contributed by atoms with van der Waals surface area (Å²) in [4.78, 5) is 8.95. The predicted molar refractivity (Wildman–Crippen MR) is 127 cm³/mol. The molecule has 1 saturated heterocycles. The van der Waals surface area contributed by atoms with Crippen LogP contribution in [0.5, 0.6) is 11.5 Å². The minimum Gasteiger partial charge on any atom is -0.495 e. The number of nitrogens with zero attached hydrogens (tertiary/aromatic N) is 5. The lowest BCUT2D eigenvalue weighted by Gasteiger charge is -2.36. The summed E-state index contributed by atoms with van der Waals surface area (Å²) in [5.74, 6) is 1.90. The molecule has 3 aromatic rings. The Bertz CT molecular complexity index is 922. The number of hydrogen-bond acceptors (Lipinski definition) is 6. The van der Waals surface area contributed by atoms with Crippen LogP contribution in [0, 0.1) is 0 Å². The molecule has 0 radical (unpaired) electrons. The van der Waals surface area contributed by atoms with Gasteiger partial charge in [-0.25, -0.2) is 4.98 Å². The van der Waals surface area contributed by atoms with E-state index in [1.54, 1.807) is 19.8 Å². The molecule has 1 aromatic heterocycles. The van der Waals surface area contributed by atoms with Crippen LogP contribution in [0.3, 0.4) is 0 Å². The van der Waals surface area contributed by atoms with Gasteiger partial charge in [-0.2, -0.15) is 5.10 Å². The number of rotatable bonds is 11. The lowest BCUT2D eigenvalue weighted by atomic mass is 10.1. The Morgan fingerprint density at radius 3 is 2.47 bits per heavy atom. The summed E-state index contributed by atoms with van der Waals surface area (Å²) in [6.45, 7) is 7.00. The van der Waals surface area contributed by atoms with E-state index >= 15 is 0 Å². The molecule has 1 fully saturated rings. The van der Waals surface area contributed by atoms with Crippen molar-refractivity contribution < 1.29 is 9.47 Å². The monoisotopic (exact) mass is 435 g/mol. The summed E-state index contributed by atoms with van der Waals surface area (Å²) in [5.41, 5.74) is 2.48. The average molecular weight is 436 g/mol. The molecule has 0 saturated carbocycles. The van der Waals surface area contributed by atoms with E-state index in [0.717, 1.165) is 76.6 Å². The molecular formula is C25H33N5O2. The molecule has 32 heavy (non-hydrogen) atoms. The molecule has 170 valence electrons. The Kier molecular flexibility index (Phi) is 7.98. The highest BCUT2D eigenvalue weighted by atomic mass is 16.5. The third-order valence-electron chi connectivity index (χ3n) is 5.96. The van der Waals surface area contributed by atoms with Gasteiger partial charge in [0.2, 0.25) is 0 Å². The number of anilines is 1. The number of benzene rings is 2. The Morgan fingerprint density at radius 1 is 0.906 bits per heavy atom. The van der Waals surface area contributed by atoms with E-state index in [9.17, 15) is 0 Å². The summed E-state index contributed by atoms with van der Waals surface area (Å²) in [6, 6.07) is 16.7. The minimum absolute atomic E-state index is 0.763. The molecular weight excluding hydrogens is 402 g/mol. The van der Waals surface area contributed by atoms with Gasteiger partial charge in [0, 0.05) is 32.7 Å². The summed E-state index contributed by atoms with van der Waals surface area (Å²) in [7, 11) is 1.74. The van der Waals surface area contributed by atoms with E-state index in [-0.39, 0.29) is 0 Å². The maximum atomic E-state index is 5.93. The molecule has 0 unspecified atom stereocenters. The van der Waals surface area contributed by atoms with Crippen LogP contribution in [0.4, 0.5) is 5.69 Å². The van der Waals surface area contributed by atoms with E-state index < -0.39 is 0 Å². The molecule has 0 N–H and O–H groups in total. The number of aromatic nitrogens is 3. The number of hydrogen-bond donors (Lipinski definition) is 0. The van der Waals surface area contributed by atoms with Gasteiger partial charge in [-0.15, -0.1) is 0 Å². The molecule has 0 aliphatic carbocycles. The van der Waals surface area contributed by atoms with Crippen LogP contribution in [-0.4, -0.2) is 66.1 Å². The zero-order chi connectivity index (χ0) is 22.0. The Hall–Kier alpha value is -3.06. The van der Waals surface area contributed by atoms with E-state index in [1.165, 1.54) is 11.3 Å². The molecule has 4 rings (SSSR count). The maximum absolute atomic E-state index is 5.93. The summed E-state index contributed by atoms with van der Waals surface area (Å²) < 4.78 is 13.3. The van der Waals surface area contributed by atoms with Gasteiger partial charge in [0.05, 0.1) is 19.4 Å². The number of unbranched alkanes of at least 4 members (excludes halogenated alkanes) is 1. The van der Waals surface area contributed by atoms with Gasteiger partial charge >= 0.3 is 0 Å². The molecule has 7 nitrogen and oxygen atoms in total. The first kappa shape index (κ1) is 22.1. The van der Waals surface area contributed by atoms with Gasteiger partial charge in [-0.3, -0.25) is 9.58 Å². The van der Waals surface area contributed by atoms with Crippen LogP contribution in [0.2, 0.25) is 0 Å². The zero-order valence-corrected chi connectivity index (χ0v) is 18.9. The SMILES string of the molecule is COc1ccccc1N1CCN(CCCCOc2ccc(CCn3cncn3)cc2)CC1. The summed E-state index contributed by atoms with van der Waals surface area (Å²) in [6.07, 6.45) is 6.48. The van der Waals surface area contributed by atoms with Crippen LogP contribution in [-0.2, 0) is 13.0 Å². The minimum atomic E-state index is 0.763. The number of aryl methyl sites for hydroxylation is 2. The Balaban J connectivity index is 1.09. The van der Waals surface area contributed by atoms with Gasteiger partial charge in [-0.1, -0.05) is 24.3 Å². The van der Waals surface area contributed by atoms with E-state index in [2.05, 4.69) is 56.3 Å². The van der Waals surface area contributed by atoms with Crippen LogP contribution < -0.4 is 14.4 Å². The van der Waals surface area contributed by atoms with Crippen molar-refractivity contribution in [2.45, 2.75) is 25.8 Å². The van der Waals surface area contributed by atoms with Gasteiger partial charge in [-0.05, 0) is 55.6 Å². The van der Waals surface area contributed by atoms with Crippen LogP contribution in [0.1, 0.15) is 18.4 Å². The number of methoxy groups -OCH3 is 1. The molecule has 1 aliphatic rings. The van der Waals surface area contributed by atoms with Crippen LogP contribution in [0.25, 0.3) is 0 Å². The fraction of sp³-hybridized carbons (Fsp3) is 0.440. The highest BCUT2D eigenvalue weighted by Crippen LogP contribution is 2.28. The average Bonchev–Trinajstić information content (AvgIpc) is 3.37. The van der Waals surface area contributed by atoms with Gasteiger partial charge < -0.3 is 14.4 Å². The molecule has 0 spiro atoms. The quantitative estimate of drug-likeness (QED) is 0.430. The Morgan fingerprint density at radius 2 is 1.72 bits per heavy atom. The standard InChI is InChI=1S/C25H33N5O2/c1-31-25-7-3-2-6-24(25)29-17-15-28(16-18-29)13-4-5-19-32-23-10-8-22(9-11-23)12-14-30-21-26-20-27-30/h2-3,6-11,20-21H,4-5,12-19H2,1H3. The first-order chi connectivity index (χ1) is 15.8. The molecule has 7 heteroatoms. The maximum Gasteiger partial charge on any atom is 0.142 e. The molecule has 2 heterocycles. The van der Waals surface area contributed by atoms with Gasteiger partial charge in [0.25, 0.3) is 0 Å². The molecule has 2 aromatic carbocycles. The zero-order valence-electron chi connectivity index (χ0n) is 18.9.